The molecule has 6 heteroatoms. The summed E-state index contributed by atoms with van der Waals surface area (Å²) in [5, 5.41) is 10.4. The third kappa shape index (κ3) is 4.23. The van der Waals surface area contributed by atoms with Crippen LogP contribution in [0, 0.1) is 11.8 Å². The van der Waals surface area contributed by atoms with Crippen molar-refractivity contribution in [1.82, 2.24) is 0 Å². The Morgan fingerprint density at radius 3 is 2.82 bits per heavy atom. The molecule has 2 aliphatic carbocycles. The van der Waals surface area contributed by atoms with Crippen molar-refractivity contribution in [1.29, 1.82) is 0 Å². The van der Waals surface area contributed by atoms with Gasteiger partial charge >= 0.3 is 5.97 Å². The van der Waals surface area contributed by atoms with E-state index in [0.29, 0.717) is 24.9 Å². The van der Waals surface area contributed by atoms with Gasteiger partial charge in [0.2, 0.25) is 0 Å². The number of ether oxygens (including phenoxy) is 1. The molecule has 1 heterocycles. The van der Waals surface area contributed by atoms with Gasteiger partial charge in [0, 0.05) is 29.9 Å². The molecule has 3 atom stereocenters. The van der Waals surface area contributed by atoms with Gasteiger partial charge in [0.05, 0.1) is 17.9 Å². The number of anilines is 1. The maximum absolute atomic E-state index is 11.7. The van der Waals surface area contributed by atoms with E-state index in [1.807, 2.05) is 6.07 Å². The van der Waals surface area contributed by atoms with E-state index in [9.17, 15) is 14.7 Å². The van der Waals surface area contributed by atoms with Crippen LogP contribution in [-0.2, 0) is 16.6 Å². The Morgan fingerprint density at radius 2 is 2.06 bits per heavy atom. The number of carbonyl (C=O) groups excluding carboxylic acids is 1. The molecule has 1 N–H and O–H groups in total. The highest BCUT2D eigenvalue weighted by Gasteiger charge is 2.43. The minimum absolute atomic E-state index is 0.164. The van der Waals surface area contributed by atoms with Crippen molar-refractivity contribution in [3.8, 4) is 5.75 Å². The number of rotatable bonds is 6. The van der Waals surface area contributed by atoms with Crippen LogP contribution in [0.3, 0.4) is 0 Å². The van der Waals surface area contributed by atoms with Gasteiger partial charge in [-0.25, -0.2) is 4.79 Å². The fourth-order valence-electron chi connectivity index (χ4n) is 6.07. The van der Waals surface area contributed by atoms with Gasteiger partial charge in [0.25, 0.3) is 0 Å². The van der Waals surface area contributed by atoms with Gasteiger partial charge in [-0.2, -0.15) is 0 Å². The van der Waals surface area contributed by atoms with E-state index >= 15 is 0 Å². The average molecular weight is 468 g/mol. The van der Waals surface area contributed by atoms with E-state index in [0.717, 1.165) is 74.4 Å². The first-order valence-corrected chi connectivity index (χ1v) is 12.3. The number of hydrogen-bond donors (Lipinski definition) is 1. The molecule has 2 aromatic rings. The number of hydrogen-bond acceptors (Lipinski definition) is 4. The largest absolute Gasteiger partial charge is 0.490 e. The number of carboxylic acids is 1. The summed E-state index contributed by atoms with van der Waals surface area (Å²) in [5.74, 6) is 0.886. The lowest BCUT2D eigenvalue weighted by molar-refractivity contribution is -0.108. The Morgan fingerprint density at radius 1 is 1.21 bits per heavy atom. The van der Waals surface area contributed by atoms with Crippen molar-refractivity contribution < 1.29 is 19.4 Å². The molecule has 0 saturated heterocycles. The lowest BCUT2D eigenvalue weighted by Gasteiger charge is -2.44. The summed E-state index contributed by atoms with van der Waals surface area (Å²) in [7, 11) is 0. The van der Waals surface area contributed by atoms with Crippen LogP contribution in [0.1, 0.15) is 60.0 Å². The Hall–Kier alpha value is -2.53. The highest BCUT2D eigenvalue weighted by atomic mass is 35.5. The lowest BCUT2D eigenvalue weighted by Crippen LogP contribution is -2.48. The van der Waals surface area contributed by atoms with Crippen molar-refractivity contribution in [2.24, 2.45) is 11.8 Å². The van der Waals surface area contributed by atoms with Gasteiger partial charge in [-0.15, -0.1) is 0 Å². The molecule has 33 heavy (non-hydrogen) atoms. The smallest absolute Gasteiger partial charge is 0.335 e. The summed E-state index contributed by atoms with van der Waals surface area (Å²) >= 11 is 6.32. The van der Waals surface area contributed by atoms with Crippen molar-refractivity contribution in [2.45, 2.75) is 50.4 Å². The van der Waals surface area contributed by atoms with Crippen LogP contribution in [0.4, 0.5) is 5.69 Å². The number of halogens is 1. The van der Waals surface area contributed by atoms with E-state index in [1.165, 1.54) is 11.1 Å². The SMILES string of the molecule is O=CCC[C@@H]1CC[C@H]1CN1CC2(CCCc3cc(Cl)ccc32)COc2ccc(C(=O)O)cc21. The van der Waals surface area contributed by atoms with Crippen LogP contribution in [0.2, 0.25) is 5.02 Å². The van der Waals surface area contributed by atoms with Crippen molar-refractivity contribution >= 4 is 29.5 Å². The standard InChI is InChI=1S/C27H30ClNO4/c28-22-8-9-23-19(13-22)3-1-11-27(23)16-29(15-21-6-5-18(21)4-2-12-30)24-14-20(26(31)32)7-10-25(24)33-17-27/h7-10,12-14,18,21H,1-6,11,15-17H2,(H,31,32)/t18-,21+,27?/m1/s1. The van der Waals surface area contributed by atoms with Gasteiger partial charge < -0.3 is 19.5 Å². The molecule has 0 amide bonds. The number of aromatic carboxylic acids is 1. The molecule has 1 spiro atoms. The zero-order valence-corrected chi connectivity index (χ0v) is 19.5. The summed E-state index contributed by atoms with van der Waals surface area (Å²) in [6, 6.07) is 11.4. The highest BCUT2D eigenvalue weighted by Crippen LogP contribution is 2.46. The highest BCUT2D eigenvalue weighted by molar-refractivity contribution is 6.30. The number of carboxylic acid groups (broad SMARTS) is 1. The van der Waals surface area contributed by atoms with Gasteiger partial charge in [-0.3, -0.25) is 0 Å². The Labute approximate surface area is 199 Å². The third-order valence-corrected chi connectivity index (χ3v) is 8.20. The minimum atomic E-state index is -0.929. The molecule has 1 aliphatic heterocycles. The molecular formula is C27H30ClNO4. The molecule has 0 aromatic heterocycles. The number of aryl methyl sites for hydroxylation is 1. The lowest BCUT2D eigenvalue weighted by atomic mass is 9.69. The second-order valence-corrected chi connectivity index (χ2v) is 10.4. The number of benzene rings is 2. The van der Waals surface area contributed by atoms with Gasteiger partial charge in [-0.05, 0) is 91.8 Å². The summed E-state index contributed by atoms with van der Waals surface area (Å²) in [6.07, 6.45) is 8.00. The van der Waals surface area contributed by atoms with Gasteiger partial charge in [-0.1, -0.05) is 17.7 Å². The fourth-order valence-corrected chi connectivity index (χ4v) is 6.27. The monoisotopic (exact) mass is 467 g/mol. The number of fused-ring (bicyclic) bond motifs is 3. The first-order valence-electron chi connectivity index (χ1n) is 12.0. The maximum Gasteiger partial charge on any atom is 0.335 e. The molecule has 3 aliphatic rings. The van der Waals surface area contributed by atoms with Crippen molar-refractivity contribution in [3.63, 3.8) is 0 Å². The first kappa shape index (κ1) is 22.3. The van der Waals surface area contributed by atoms with Crippen LogP contribution in [0.25, 0.3) is 0 Å². The van der Waals surface area contributed by atoms with Crippen LogP contribution in [0.15, 0.2) is 36.4 Å². The van der Waals surface area contributed by atoms with E-state index in [4.69, 9.17) is 16.3 Å². The first-order chi connectivity index (χ1) is 16.0. The van der Waals surface area contributed by atoms with Gasteiger partial charge in [0.1, 0.15) is 12.0 Å². The summed E-state index contributed by atoms with van der Waals surface area (Å²) in [4.78, 5) is 25.0. The maximum atomic E-state index is 11.7. The molecule has 174 valence electrons. The molecule has 0 radical (unpaired) electrons. The molecule has 1 fully saturated rings. The van der Waals surface area contributed by atoms with Crippen molar-refractivity contribution in [2.75, 3.05) is 24.6 Å². The van der Waals surface area contributed by atoms with Crippen LogP contribution in [0.5, 0.6) is 5.75 Å². The normalized spacial score (nSPS) is 25.9. The topological polar surface area (TPSA) is 66.8 Å². The Balaban J connectivity index is 1.52. The second kappa shape index (κ2) is 9.02. The molecule has 1 saturated carbocycles. The fraction of sp³-hybridized carbons (Fsp3) is 0.481. The minimum Gasteiger partial charge on any atom is -0.490 e. The molecule has 5 nitrogen and oxygen atoms in total. The zero-order valence-electron chi connectivity index (χ0n) is 18.8. The van der Waals surface area contributed by atoms with E-state index in [1.54, 1.807) is 18.2 Å². The molecule has 2 aromatic carbocycles. The molecule has 0 bridgehead atoms. The molecule has 5 rings (SSSR count). The quantitative estimate of drug-likeness (QED) is 0.567. The Bertz CT molecular complexity index is 1070. The van der Waals surface area contributed by atoms with Crippen LogP contribution >= 0.6 is 11.6 Å². The van der Waals surface area contributed by atoms with Crippen molar-refractivity contribution in [3.05, 3.63) is 58.1 Å². The van der Waals surface area contributed by atoms with E-state index in [2.05, 4.69) is 17.0 Å². The predicted octanol–water partition coefficient (Wildman–Crippen LogP) is 5.52. The van der Waals surface area contributed by atoms with Gasteiger partial charge in [0.15, 0.2) is 0 Å². The summed E-state index contributed by atoms with van der Waals surface area (Å²) in [6.45, 7) is 2.21. The summed E-state index contributed by atoms with van der Waals surface area (Å²) in [5.41, 5.74) is 3.58. The van der Waals surface area contributed by atoms with Crippen LogP contribution in [-0.4, -0.2) is 37.1 Å². The molecule has 1 unspecified atom stereocenters. The van der Waals surface area contributed by atoms with Crippen LogP contribution < -0.4 is 9.64 Å². The zero-order chi connectivity index (χ0) is 23.0. The third-order valence-electron chi connectivity index (χ3n) is 7.97. The Kier molecular flexibility index (Phi) is 6.09. The average Bonchev–Trinajstić information content (AvgIpc) is 2.94. The number of nitrogens with zero attached hydrogens (tertiary/aromatic N) is 1. The summed E-state index contributed by atoms with van der Waals surface area (Å²) < 4.78 is 6.40. The number of carbonyl (C=O) groups is 2. The predicted molar refractivity (Wildman–Crippen MR) is 129 cm³/mol. The van der Waals surface area contributed by atoms with E-state index < -0.39 is 5.97 Å². The number of aldehydes is 1. The van der Waals surface area contributed by atoms with E-state index in [-0.39, 0.29) is 11.0 Å². The second-order valence-electron chi connectivity index (χ2n) is 9.93. The molecular weight excluding hydrogens is 438 g/mol.